The van der Waals surface area contributed by atoms with E-state index >= 15 is 0 Å². The second-order valence-electron chi connectivity index (χ2n) is 8.78. The van der Waals surface area contributed by atoms with Gasteiger partial charge in [-0.05, 0) is 42.7 Å². The van der Waals surface area contributed by atoms with Gasteiger partial charge in [0.15, 0.2) is 0 Å². The van der Waals surface area contributed by atoms with E-state index in [0.717, 1.165) is 5.56 Å². The Hall–Kier alpha value is -3.28. The van der Waals surface area contributed by atoms with Crippen LogP contribution >= 0.6 is 0 Å². The Kier molecular flexibility index (Phi) is 8.72. The quantitative estimate of drug-likeness (QED) is 0.439. The van der Waals surface area contributed by atoms with E-state index in [1.165, 1.54) is 6.92 Å². The van der Waals surface area contributed by atoms with Crippen molar-refractivity contribution in [3.63, 3.8) is 0 Å². The molecule has 0 unspecified atom stereocenters. The zero-order valence-corrected chi connectivity index (χ0v) is 19.8. The van der Waals surface area contributed by atoms with Crippen LogP contribution in [0, 0.1) is 0 Å². The fourth-order valence-electron chi connectivity index (χ4n) is 4.33. The van der Waals surface area contributed by atoms with E-state index in [0.29, 0.717) is 12.1 Å². The molecule has 6 nitrogen and oxygen atoms in total. The third-order valence-electron chi connectivity index (χ3n) is 6.20. The highest BCUT2D eigenvalue weighted by molar-refractivity contribution is 5.77. The number of hydrogen-bond acceptors (Lipinski definition) is 3. The molecule has 0 spiro atoms. The lowest BCUT2D eigenvalue weighted by Gasteiger charge is -2.40. The standard InChI is InChI=1S/C25H26F6N2O4/c1-15(17-11-18(24(26,27)28)13-19(12-17)25(29,30)31)37-21-8-10-33(22(34)7-9-32-23(35)36)14-20(21)16-5-3-2-4-6-16/h2-6,11-13,15,20-21,32H,7-10,14H2,1H3,(H,35,36)/t15-,20+,21+/m1/s1. The van der Waals surface area contributed by atoms with E-state index in [4.69, 9.17) is 9.84 Å². The summed E-state index contributed by atoms with van der Waals surface area (Å²) in [5.41, 5.74) is -2.29. The second-order valence-corrected chi connectivity index (χ2v) is 8.78. The van der Waals surface area contributed by atoms with Gasteiger partial charge in [0, 0.05) is 32.0 Å². The number of carboxylic acid groups (broad SMARTS) is 1. The molecule has 2 N–H and O–H groups in total. The lowest BCUT2D eigenvalue weighted by molar-refractivity contribution is -0.143. The van der Waals surface area contributed by atoms with Crippen LogP contribution in [0.2, 0.25) is 0 Å². The van der Waals surface area contributed by atoms with E-state index in [1.54, 1.807) is 35.2 Å². The molecule has 0 bridgehead atoms. The van der Waals surface area contributed by atoms with Gasteiger partial charge in [0.05, 0.1) is 23.3 Å². The first-order valence-electron chi connectivity index (χ1n) is 11.5. The van der Waals surface area contributed by atoms with Crippen LogP contribution in [0.1, 0.15) is 54.0 Å². The van der Waals surface area contributed by atoms with Gasteiger partial charge in [0.25, 0.3) is 0 Å². The smallest absolute Gasteiger partial charge is 0.416 e. The van der Waals surface area contributed by atoms with Crippen LogP contribution in [0.5, 0.6) is 0 Å². The zero-order valence-electron chi connectivity index (χ0n) is 19.8. The topological polar surface area (TPSA) is 78.9 Å². The molecule has 1 aliphatic rings. The van der Waals surface area contributed by atoms with Crippen LogP contribution in [0.3, 0.4) is 0 Å². The van der Waals surface area contributed by atoms with E-state index in [9.17, 15) is 35.9 Å². The maximum absolute atomic E-state index is 13.3. The Labute approximate surface area is 209 Å². The minimum Gasteiger partial charge on any atom is -0.465 e. The Bertz CT molecular complexity index is 1060. The monoisotopic (exact) mass is 532 g/mol. The molecule has 0 aliphatic carbocycles. The fourth-order valence-corrected chi connectivity index (χ4v) is 4.33. The number of ether oxygens (including phenoxy) is 1. The number of alkyl halides is 6. The first kappa shape index (κ1) is 28.3. The number of rotatable bonds is 7. The van der Waals surface area contributed by atoms with Gasteiger partial charge in [0.1, 0.15) is 0 Å². The molecular weight excluding hydrogens is 506 g/mol. The number of carbonyl (C=O) groups is 2. The summed E-state index contributed by atoms with van der Waals surface area (Å²) in [5.74, 6) is -0.685. The predicted molar refractivity (Wildman–Crippen MR) is 121 cm³/mol. The average molecular weight is 532 g/mol. The normalized spacial score (nSPS) is 19.4. The summed E-state index contributed by atoms with van der Waals surface area (Å²) in [6, 6.07) is 10.3. The molecule has 1 saturated heterocycles. The average Bonchev–Trinajstić information content (AvgIpc) is 2.83. The minimum atomic E-state index is -4.97. The van der Waals surface area contributed by atoms with Gasteiger partial charge in [-0.25, -0.2) is 4.79 Å². The molecule has 1 aliphatic heterocycles. The summed E-state index contributed by atoms with van der Waals surface area (Å²) >= 11 is 0. The van der Waals surface area contributed by atoms with Crippen LogP contribution in [0.4, 0.5) is 31.1 Å². The van der Waals surface area contributed by atoms with Gasteiger partial charge >= 0.3 is 18.4 Å². The maximum atomic E-state index is 13.3. The van der Waals surface area contributed by atoms with Crippen molar-refractivity contribution in [2.24, 2.45) is 0 Å². The van der Waals surface area contributed by atoms with Gasteiger partial charge in [-0.1, -0.05) is 30.3 Å². The largest absolute Gasteiger partial charge is 0.465 e. The first-order valence-corrected chi connectivity index (χ1v) is 11.5. The van der Waals surface area contributed by atoms with Crippen molar-refractivity contribution < 1.29 is 45.8 Å². The van der Waals surface area contributed by atoms with Crippen LogP contribution in [-0.4, -0.2) is 47.7 Å². The highest BCUT2D eigenvalue weighted by atomic mass is 19.4. The van der Waals surface area contributed by atoms with Crippen molar-refractivity contribution in [3.8, 4) is 0 Å². The maximum Gasteiger partial charge on any atom is 0.416 e. The summed E-state index contributed by atoms with van der Waals surface area (Å²) in [4.78, 5) is 24.8. The van der Waals surface area contributed by atoms with Gasteiger partial charge in [-0.3, -0.25) is 4.79 Å². The number of likely N-dealkylation sites (tertiary alicyclic amines) is 1. The van der Waals surface area contributed by atoms with E-state index < -0.39 is 47.7 Å². The molecular formula is C25H26F6N2O4. The Morgan fingerprint density at radius 3 is 2.19 bits per heavy atom. The molecule has 37 heavy (non-hydrogen) atoms. The van der Waals surface area contributed by atoms with Crippen LogP contribution < -0.4 is 5.32 Å². The molecule has 2 amide bonds. The first-order chi connectivity index (χ1) is 17.3. The lowest BCUT2D eigenvalue weighted by atomic mass is 9.87. The number of carbonyl (C=O) groups excluding carboxylic acids is 1. The third-order valence-corrected chi connectivity index (χ3v) is 6.20. The van der Waals surface area contributed by atoms with Crippen molar-refractivity contribution in [1.29, 1.82) is 0 Å². The zero-order chi connectivity index (χ0) is 27.4. The highest BCUT2D eigenvalue weighted by Gasteiger charge is 2.38. The third kappa shape index (κ3) is 7.61. The van der Waals surface area contributed by atoms with Crippen molar-refractivity contribution in [2.75, 3.05) is 19.6 Å². The summed E-state index contributed by atoms with van der Waals surface area (Å²) in [7, 11) is 0. The van der Waals surface area contributed by atoms with Crippen molar-refractivity contribution in [2.45, 2.75) is 50.2 Å². The molecule has 2 aromatic carbocycles. The Morgan fingerprint density at radius 1 is 1.05 bits per heavy atom. The number of benzene rings is 2. The van der Waals surface area contributed by atoms with Crippen molar-refractivity contribution >= 4 is 12.0 Å². The summed E-state index contributed by atoms with van der Waals surface area (Å²) in [6.45, 7) is 1.77. The molecule has 0 radical (unpaired) electrons. The number of piperidine rings is 1. The summed E-state index contributed by atoms with van der Waals surface area (Å²) in [6.07, 6.45) is -12.6. The summed E-state index contributed by atoms with van der Waals surface area (Å²) < 4.78 is 85.9. The van der Waals surface area contributed by atoms with Crippen LogP contribution in [0.25, 0.3) is 0 Å². The molecule has 3 rings (SSSR count). The Balaban J connectivity index is 1.83. The molecule has 0 aromatic heterocycles. The van der Waals surface area contributed by atoms with E-state index in [-0.39, 0.29) is 50.0 Å². The molecule has 12 heteroatoms. The van der Waals surface area contributed by atoms with Gasteiger partial charge in [0.2, 0.25) is 5.91 Å². The number of amides is 2. The minimum absolute atomic E-state index is 0.0554. The van der Waals surface area contributed by atoms with Gasteiger partial charge in [-0.15, -0.1) is 0 Å². The number of hydrogen-bond donors (Lipinski definition) is 2. The fraction of sp³-hybridized carbons (Fsp3) is 0.440. The molecule has 0 saturated carbocycles. The number of nitrogens with zero attached hydrogens (tertiary/aromatic N) is 1. The highest BCUT2D eigenvalue weighted by Crippen LogP contribution is 2.39. The van der Waals surface area contributed by atoms with Crippen LogP contribution in [-0.2, 0) is 21.9 Å². The lowest BCUT2D eigenvalue weighted by Crippen LogP contribution is -2.46. The van der Waals surface area contributed by atoms with Crippen molar-refractivity contribution in [1.82, 2.24) is 10.2 Å². The second kappa shape index (κ2) is 11.4. The molecule has 3 atom stereocenters. The Morgan fingerprint density at radius 2 is 1.65 bits per heavy atom. The molecule has 2 aromatic rings. The number of nitrogens with one attached hydrogen (secondary N) is 1. The summed E-state index contributed by atoms with van der Waals surface area (Å²) in [5, 5.41) is 10.8. The molecule has 1 fully saturated rings. The number of halogens is 6. The van der Waals surface area contributed by atoms with Gasteiger partial charge < -0.3 is 20.1 Å². The van der Waals surface area contributed by atoms with Crippen molar-refractivity contribution in [3.05, 3.63) is 70.8 Å². The SMILES string of the molecule is C[C@@H](O[C@H]1CCN(C(=O)CCNC(=O)O)C[C@H]1c1ccccc1)c1cc(C(F)(F)F)cc(C(F)(F)F)c1. The molecule has 1 heterocycles. The van der Waals surface area contributed by atoms with E-state index in [2.05, 4.69) is 5.32 Å². The van der Waals surface area contributed by atoms with E-state index in [1.807, 2.05) is 0 Å². The molecule has 202 valence electrons. The predicted octanol–water partition coefficient (Wildman–Crippen LogP) is 5.84. The van der Waals surface area contributed by atoms with Gasteiger partial charge in [-0.2, -0.15) is 26.3 Å². The van der Waals surface area contributed by atoms with Crippen LogP contribution in [0.15, 0.2) is 48.5 Å².